The van der Waals surface area contributed by atoms with E-state index in [1.165, 1.54) is 37.6 Å². The molecule has 0 radical (unpaired) electrons. The molecule has 0 aromatic carbocycles. The summed E-state index contributed by atoms with van der Waals surface area (Å²) in [5, 5.41) is 3.86. The minimum Gasteiger partial charge on any atom is -0.464 e. The number of methoxy groups -OCH3 is 2. The van der Waals surface area contributed by atoms with Crippen LogP contribution in [0.1, 0.15) is 21.1 Å². The quantitative estimate of drug-likeness (QED) is 0.690. The Kier molecular flexibility index (Phi) is 3.46. The van der Waals surface area contributed by atoms with Crippen LogP contribution in [0.5, 0.6) is 0 Å². The Hall–Kier alpha value is -2.84. The Morgan fingerprint density at radius 2 is 1.79 bits per heavy atom. The van der Waals surface area contributed by atoms with Crippen LogP contribution in [-0.4, -0.2) is 50.9 Å². The van der Waals surface area contributed by atoms with Crippen LogP contribution in [0.25, 0.3) is 5.82 Å². The summed E-state index contributed by atoms with van der Waals surface area (Å²) in [6, 6.07) is 0. The summed E-state index contributed by atoms with van der Waals surface area (Å²) in [5.74, 6) is -1.04. The van der Waals surface area contributed by atoms with Crippen LogP contribution in [-0.2, 0) is 9.47 Å². The van der Waals surface area contributed by atoms with Crippen molar-refractivity contribution in [3.05, 3.63) is 30.2 Å². The molecule has 0 fully saturated rings. The van der Waals surface area contributed by atoms with Gasteiger partial charge in [0.25, 0.3) is 5.82 Å². The van der Waals surface area contributed by atoms with Crippen LogP contribution in [0.15, 0.2) is 18.7 Å². The Morgan fingerprint density at radius 3 is 2.37 bits per heavy atom. The summed E-state index contributed by atoms with van der Waals surface area (Å²) in [6.45, 7) is 0. The molecule has 0 unspecified atom stereocenters. The molecule has 0 amide bonds. The zero-order chi connectivity index (χ0) is 13.8. The van der Waals surface area contributed by atoms with E-state index in [4.69, 9.17) is 0 Å². The first-order chi connectivity index (χ1) is 9.15. The fourth-order valence-electron chi connectivity index (χ4n) is 1.21. The SMILES string of the molecule is COC(=O)c1cnc(-n2cnc(C(=O)OC)n2)cn1. The molecule has 9 heteroatoms. The van der Waals surface area contributed by atoms with E-state index in [1.807, 2.05) is 0 Å². The molecule has 2 aromatic heterocycles. The first-order valence-corrected chi connectivity index (χ1v) is 5.06. The highest BCUT2D eigenvalue weighted by Crippen LogP contribution is 2.03. The predicted molar refractivity (Wildman–Crippen MR) is 59.6 cm³/mol. The number of rotatable bonds is 3. The van der Waals surface area contributed by atoms with E-state index < -0.39 is 11.9 Å². The molecule has 0 saturated carbocycles. The van der Waals surface area contributed by atoms with Gasteiger partial charge in [-0.2, -0.15) is 0 Å². The van der Waals surface area contributed by atoms with Crippen molar-refractivity contribution < 1.29 is 19.1 Å². The number of carbonyl (C=O) groups excluding carboxylic acids is 2. The van der Waals surface area contributed by atoms with Crippen LogP contribution in [0, 0.1) is 0 Å². The zero-order valence-electron chi connectivity index (χ0n) is 10.1. The molecular weight excluding hydrogens is 254 g/mol. The third-order valence-electron chi connectivity index (χ3n) is 2.13. The summed E-state index contributed by atoms with van der Waals surface area (Å²) in [5.41, 5.74) is 0.0690. The number of hydrogen-bond acceptors (Lipinski definition) is 8. The molecule has 0 bridgehead atoms. The Labute approximate surface area is 107 Å². The second kappa shape index (κ2) is 5.21. The van der Waals surface area contributed by atoms with Crippen molar-refractivity contribution in [1.29, 1.82) is 0 Å². The van der Waals surface area contributed by atoms with Crippen molar-refractivity contribution in [1.82, 2.24) is 24.7 Å². The maximum Gasteiger partial charge on any atom is 0.377 e. The van der Waals surface area contributed by atoms with Crippen LogP contribution >= 0.6 is 0 Å². The molecule has 2 aromatic rings. The summed E-state index contributed by atoms with van der Waals surface area (Å²) in [7, 11) is 2.48. The lowest BCUT2D eigenvalue weighted by Crippen LogP contribution is -2.08. The molecule has 19 heavy (non-hydrogen) atoms. The molecule has 2 rings (SSSR count). The van der Waals surface area contributed by atoms with Gasteiger partial charge in [-0.3, -0.25) is 0 Å². The van der Waals surface area contributed by atoms with Crippen molar-refractivity contribution >= 4 is 11.9 Å². The van der Waals surface area contributed by atoms with E-state index in [0.29, 0.717) is 5.82 Å². The largest absolute Gasteiger partial charge is 0.464 e. The van der Waals surface area contributed by atoms with E-state index in [0.717, 1.165) is 0 Å². The summed E-state index contributed by atoms with van der Waals surface area (Å²) in [6.07, 6.45) is 3.83. The minimum absolute atomic E-state index is 0.0690. The molecular formula is C10H9N5O4. The number of hydrogen-bond donors (Lipinski definition) is 0. The molecule has 0 atom stereocenters. The van der Waals surface area contributed by atoms with E-state index >= 15 is 0 Å². The van der Waals surface area contributed by atoms with Gasteiger partial charge in [0.15, 0.2) is 11.5 Å². The van der Waals surface area contributed by atoms with Gasteiger partial charge in [0.05, 0.1) is 26.6 Å². The molecule has 0 spiro atoms. The Morgan fingerprint density at radius 1 is 1.05 bits per heavy atom. The first kappa shape index (κ1) is 12.6. The van der Waals surface area contributed by atoms with Gasteiger partial charge in [0.1, 0.15) is 6.33 Å². The molecule has 0 aliphatic rings. The second-order valence-corrected chi connectivity index (χ2v) is 3.26. The number of nitrogens with zero attached hydrogens (tertiary/aromatic N) is 5. The summed E-state index contributed by atoms with van der Waals surface area (Å²) < 4.78 is 10.2. The lowest BCUT2D eigenvalue weighted by atomic mass is 10.4. The van der Waals surface area contributed by atoms with Gasteiger partial charge in [0, 0.05) is 0 Å². The average Bonchev–Trinajstić information content (AvgIpc) is 2.95. The monoisotopic (exact) mass is 263 g/mol. The van der Waals surface area contributed by atoms with Crippen LogP contribution < -0.4 is 0 Å². The zero-order valence-corrected chi connectivity index (χ0v) is 10.1. The summed E-state index contributed by atoms with van der Waals surface area (Å²) in [4.78, 5) is 33.9. The molecule has 0 N–H and O–H groups in total. The highest BCUT2D eigenvalue weighted by atomic mass is 16.5. The summed E-state index contributed by atoms with van der Waals surface area (Å²) >= 11 is 0. The Bertz CT molecular complexity index is 607. The van der Waals surface area contributed by atoms with Gasteiger partial charge in [-0.1, -0.05) is 0 Å². The number of aromatic nitrogens is 5. The smallest absolute Gasteiger partial charge is 0.377 e. The van der Waals surface area contributed by atoms with E-state index in [9.17, 15) is 9.59 Å². The van der Waals surface area contributed by atoms with Crippen molar-refractivity contribution in [2.45, 2.75) is 0 Å². The molecule has 0 aliphatic carbocycles. The fraction of sp³-hybridized carbons (Fsp3) is 0.200. The lowest BCUT2D eigenvalue weighted by Gasteiger charge is -2.00. The highest BCUT2D eigenvalue weighted by molar-refractivity contribution is 5.86. The van der Waals surface area contributed by atoms with Gasteiger partial charge < -0.3 is 9.47 Å². The van der Waals surface area contributed by atoms with Gasteiger partial charge in [0.2, 0.25) is 0 Å². The number of ether oxygens (including phenoxy) is 2. The third kappa shape index (κ3) is 2.54. The van der Waals surface area contributed by atoms with Gasteiger partial charge >= 0.3 is 11.9 Å². The molecule has 98 valence electrons. The number of carbonyl (C=O) groups is 2. The second-order valence-electron chi connectivity index (χ2n) is 3.26. The van der Waals surface area contributed by atoms with E-state index in [2.05, 4.69) is 29.5 Å². The van der Waals surface area contributed by atoms with Gasteiger partial charge in [-0.15, -0.1) is 5.10 Å². The normalized spacial score (nSPS) is 10.0. The molecule has 0 aliphatic heterocycles. The average molecular weight is 263 g/mol. The van der Waals surface area contributed by atoms with Crippen molar-refractivity contribution in [3.63, 3.8) is 0 Å². The third-order valence-corrected chi connectivity index (χ3v) is 2.13. The molecule has 2 heterocycles. The standard InChI is InChI=1S/C10H9N5O4/c1-18-9(16)6-3-12-7(4-11-6)15-5-13-8(14-15)10(17)19-2/h3-5H,1-2H3. The van der Waals surface area contributed by atoms with Crippen LogP contribution in [0.3, 0.4) is 0 Å². The molecule has 0 saturated heterocycles. The Balaban J connectivity index is 2.25. The maximum atomic E-state index is 11.2. The van der Waals surface area contributed by atoms with Crippen molar-refractivity contribution in [3.8, 4) is 5.82 Å². The highest BCUT2D eigenvalue weighted by Gasteiger charge is 2.13. The van der Waals surface area contributed by atoms with Crippen LogP contribution in [0.2, 0.25) is 0 Å². The lowest BCUT2D eigenvalue weighted by molar-refractivity contribution is 0.0581. The van der Waals surface area contributed by atoms with Gasteiger partial charge in [-0.25, -0.2) is 29.2 Å². The van der Waals surface area contributed by atoms with E-state index in [1.54, 1.807) is 0 Å². The number of esters is 2. The molecule has 9 nitrogen and oxygen atoms in total. The van der Waals surface area contributed by atoms with Crippen molar-refractivity contribution in [2.24, 2.45) is 0 Å². The minimum atomic E-state index is -0.655. The maximum absolute atomic E-state index is 11.2. The van der Waals surface area contributed by atoms with Gasteiger partial charge in [-0.05, 0) is 0 Å². The first-order valence-electron chi connectivity index (χ1n) is 5.06. The fourth-order valence-corrected chi connectivity index (χ4v) is 1.21. The van der Waals surface area contributed by atoms with Crippen molar-refractivity contribution in [2.75, 3.05) is 14.2 Å². The van der Waals surface area contributed by atoms with Crippen LogP contribution in [0.4, 0.5) is 0 Å². The van der Waals surface area contributed by atoms with E-state index in [-0.39, 0.29) is 11.5 Å². The topological polar surface area (TPSA) is 109 Å². The predicted octanol–water partition coefficient (Wildman–Crippen LogP) is -0.370.